The maximum Gasteiger partial charge on any atom is 0.344 e. The molecule has 1 saturated heterocycles. The highest BCUT2D eigenvalue weighted by molar-refractivity contribution is 6.26. The fourth-order valence-electron chi connectivity index (χ4n) is 6.38. The molecule has 0 aromatic heterocycles. The summed E-state index contributed by atoms with van der Waals surface area (Å²) in [6.07, 6.45) is 3.14. The van der Waals surface area contributed by atoms with Crippen LogP contribution in [0.2, 0.25) is 6.55 Å². The number of halogens is 1. The third-order valence-corrected chi connectivity index (χ3v) is 9.13. The normalized spacial score (nSPS) is 40.5. The van der Waals surface area contributed by atoms with Crippen LogP contribution in [-0.2, 0) is 33.0 Å². The average Bonchev–Trinajstić information content (AvgIpc) is 2.78. The second-order valence-corrected chi connectivity index (χ2v) is 12.1. The molecule has 1 heterocycles. The number of aliphatic hydroxyl groups is 1. The lowest BCUT2D eigenvalue weighted by Crippen LogP contribution is -2.81. The summed E-state index contributed by atoms with van der Waals surface area (Å²) >= 11 is 5.44. The molecule has 1 aliphatic heterocycles. The van der Waals surface area contributed by atoms with Gasteiger partial charge in [0.2, 0.25) is 0 Å². The first-order valence-electron chi connectivity index (χ1n) is 12.0. The minimum atomic E-state index is -2.06. The molecule has 0 bridgehead atoms. The van der Waals surface area contributed by atoms with Crippen molar-refractivity contribution in [2.24, 2.45) is 10.8 Å². The van der Waals surface area contributed by atoms with Gasteiger partial charge in [0.15, 0.2) is 33.9 Å². The molecule has 2 aliphatic carbocycles. The van der Waals surface area contributed by atoms with E-state index in [0.717, 1.165) is 12.0 Å². The van der Waals surface area contributed by atoms with E-state index in [4.69, 9.17) is 30.2 Å². The highest BCUT2D eigenvalue weighted by atomic mass is 35.5. The third kappa shape index (κ3) is 4.23. The number of esters is 2. The number of fused-ring (bicyclic) bond motifs is 3. The SMILES string of the molecule is C=C[C@@]1(C)CC(=O)[C@]2(O)[C@]3(C)C(=C[C@H](OC(=O)COC(=O)CCl)[C@@]2(C)O1)C(C)(C)CCC3O[SiH2]C. The van der Waals surface area contributed by atoms with Gasteiger partial charge in [0.25, 0.3) is 0 Å². The smallest absolute Gasteiger partial charge is 0.344 e. The lowest BCUT2D eigenvalue weighted by Gasteiger charge is -2.67. The number of rotatable bonds is 7. The van der Waals surface area contributed by atoms with Crippen LogP contribution in [0.25, 0.3) is 0 Å². The third-order valence-electron chi connectivity index (χ3n) is 8.17. The molecule has 1 unspecified atom stereocenters. The number of carbonyl (C=O) groups excluding carboxylic acids is 3. The molecule has 196 valence electrons. The van der Waals surface area contributed by atoms with Crippen molar-refractivity contribution >= 4 is 39.1 Å². The summed E-state index contributed by atoms with van der Waals surface area (Å²) in [6.45, 7) is 14.4. The Morgan fingerprint density at radius 2 is 1.94 bits per heavy atom. The van der Waals surface area contributed by atoms with Crippen LogP contribution in [0.5, 0.6) is 0 Å². The maximum absolute atomic E-state index is 14.0. The van der Waals surface area contributed by atoms with Crippen molar-refractivity contribution in [3.8, 4) is 0 Å². The molecular weight excluding hydrogens is 492 g/mol. The van der Waals surface area contributed by atoms with Crippen molar-refractivity contribution in [3.05, 3.63) is 24.3 Å². The van der Waals surface area contributed by atoms with Gasteiger partial charge in [-0.05, 0) is 38.2 Å². The lowest BCUT2D eigenvalue weighted by molar-refractivity contribution is -0.304. The van der Waals surface area contributed by atoms with E-state index in [1.54, 1.807) is 19.9 Å². The summed E-state index contributed by atoms with van der Waals surface area (Å²) in [6, 6.07) is 0. The number of ether oxygens (including phenoxy) is 3. The van der Waals surface area contributed by atoms with Crippen LogP contribution in [-0.4, -0.2) is 74.1 Å². The van der Waals surface area contributed by atoms with Crippen LogP contribution in [0.15, 0.2) is 24.3 Å². The molecule has 0 radical (unpaired) electrons. The van der Waals surface area contributed by atoms with Crippen LogP contribution >= 0.6 is 11.6 Å². The van der Waals surface area contributed by atoms with E-state index in [2.05, 4.69) is 6.58 Å². The maximum atomic E-state index is 14.0. The Hall–Kier alpha value is -1.52. The molecule has 10 heteroatoms. The zero-order valence-corrected chi connectivity index (χ0v) is 23.6. The first-order chi connectivity index (χ1) is 16.1. The van der Waals surface area contributed by atoms with Gasteiger partial charge in [-0.15, -0.1) is 18.2 Å². The first kappa shape index (κ1) is 28.1. The van der Waals surface area contributed by atoms with E-state index < -0.39 is 79.8 Å². The van der Waals surface area contributed by atoms with Crippen molar-refractivity contribution in [3.63, 3.8) is 0 Å². The molecule has 35 heavy (non-hydrogen) atoms. The number of ketones is 1. The van der Waals surface area contributed by atoms with Crippen LogP contribution in [0.3, 0.4) is 0 Å². The molecule has 2 fully saturated rings. The van der Waals surface area contributed by atoms with Crippen molar-refractivity contribution in [2.45, 2.75) is 89.4 Å². The Kier molecular flexibility index (Phi) is 7.54. The number of hydrogen-bond acceptors (Lipinski definition) is 8. The summed E-state index contributed by atoms with van der Waals surface area (Å²) < 4.78 is 23.3. The van der Waals surface area contributed by atoms with E-state index in [0.29, 0.717) is 6.42 Å². The Balaban J connectivity index is 2.20. The number of Topliss-reactive ketones (excluding diaryl/α,β-unsaturated/α-hetero) is 1. The average molecular weight is 529 g/mol. The molecule has 1 saturated carbocycles. The Morgan fingerprint density at radius 1 is 1.29 bits per heavy atom. The van der Waals surface area contributed by atoms with E-state index in [-0.39, 0.29) is 6.42 Å². The van der Waals surface area contributed by atoms with Crippen LogP contribution in [0.4, 0.5) is 0 Å². The predicted molar refractivity (Wildman–Crippen MR) is 133 cm³/mol. The number of hydrogen-bond donors (Lipinski definition) is 1. The second-order valence-electron chi connectivity index (χ2n) is 10.9. The zero-order chi connectivity index (χ0) is 26.4. The van der Waals surface area contributed by atoms with E-state index >= 15 is 0 Å². The molecular formula is C25H37ClO8Si. The minimum Gasteiger partial charge on any atom is -0.453 e. The van der Waals surface area contributed by atoms with Gasteiger partial charge in [0, 0.05) is 6.42 Å². The molecule has 8 nitrogen and oxygen atoms in total. The van der Waals surface area contributed by atoms with Crippen molar-refractivity contribution in [1.29, 1.82) is 0 Å². The quantitative estimate of drug-likeness (QED) is 0.232. The first-order valence-corrected chi connectivity index (χ1v) is 14.5. The number of carbonyl (C=O) groups is 3. The molecule has 0 aromatic rings. The molecule has 3 aliphatic rings. The topological polar surface area (TPSA) is 108 Å². The molecule has 3 rings (SSSR count). The summed E-state index contributed by atoms with van der Waals surface area (Å²) in [5.74, 6) is -2.43. The molecule has 6 atom stereocenters. The molecule has 1 N–H and O–H groups in total. The summed E-state index contributed by atoms with van der Waals surface area (Å²) in [5, 5.41) is 12.6. The summed E-state index contributed by atoms with van der Waals surface area (Å²) in [5.41, 5.74) is -5.54. The van der Waals surface area contributed by atoms with Gasteiger partial charge in [-0.1, -0.05) is 39.0 Å². The van der Waals surface area contributed by atoms with Crippen molar-refractivity contribution < 1.29 is 38.1 Å². The van der Waals surface area contributed by atoms with Gasteiger partial charge in [-0.25, -0.2) is 4.79 Å². The van der Waals surface area contributed by atoms with Crippen LogP contribution in [0.1, 0.15) is 53.9 Å². The largest absolute Gasteiger partial charge is 0.453 e. The fraction of sp³-hybridized carbons (Fsp3) is 0.720. The zero-order valence-electron chi connectivity index (χ0n) is 21.4. The van der Waals surface area contributed by atoms with Gasteiger partial charge in [-0.3, -0.25) is 9.59 Å². The van der Waals surface area contributed by atoms with Gasteiger partial charge >= 0.3 is 11.9 Å². The summed E-state index contributed by atoms with van der Waals surface area (Å²) in [7, 11) is -0.875. The molecule has 0 aromatic carbocycles. The minimum absolute atomic E-state index is 0.0871. The Morgan fingerprint density at radius 3 is 2.51 bits per heavy atom. The van der Waals surface area contributed by atoms with Crippen LogP contribution < -0.4 is 0 Å². The number of alkyl halides is 1. The van der Waals surface area contributed by atoms with Crippen LogP contribution in [0, 0.1) is 10.8 Å². The second kappa shape index (κ2) is 9.41. The molecule has 0 amide bonds. The van der Waals surface area contributed by atoms with Crippen molar-refractivity contribution in [1.82, 2.24) is 0 Å². The van der Waals surface area contributed by atoms with Gasteiger partial charge in [0.1, 0.15) is 11.5 Å². The Bertz CT molecular complexity index is 950. The standard InChI is InChI=1S/C25H37ClO8Si/c1-8-22(4)12-16(27)25(30)23(5)15(21(2,3)10-9-17(23)33-35-7)11-18(24(25,6)34-22)32-20(29)14-31-19(28)13-26/h8,11,17-18,30H,1,9-10,12-14,35H2,2-7H3/t17?,18-,22-,23+,24+,25-/m0/s1. The van der Waals surface area contributed by atoms with Gasteiger partial charge in [-0.2, -0.15) is 0 Å². The predicted octanol–water partition coefficient (Wildman–Crippen LogP) is 2.39. The van der Waals surface area contributed by atoms with E-state index in [9.17, 15) is 19.5 Å². The highest BCUT2D eigenvalue weighted by Gasteiger charge is 2.77. The lowest BCUT2D eigenvalue weighted by atomic mass is 9.44. The van der Waals surface area contributed by atoms with Crippen molar-refractivity contribution in [2.75, 3.05) is 12.5 Å². The van der Waals surface area contributed by atoms with E-state index in [1.807, 2.05) is 27.3 Å². The Labute approximate surface area is 214 Å². The molecule has 0 spiro atoms. The van der Waals surface area contributed by atoms with Gasteiger partial charge < -0.3 is 23.7 Å². The van der Waals surface area contributed by atoms with Gasteiger partial charge in [0.05, 0.1) is 17.1 Å². The van der Waals surface area contributed by atoms with E-state index in [1.165, 1.54) is 6.08 Å². The monoisotopic (exact) mass is 528 g/mol. The summed E-state index contributed by atoms with van der Waals surface area (Å²) in [4.78, 5) is 38.1. The fourth-order valence-corrected chi connectivity index (χ4v) is 7.36. The highest BCUT2D eigenvalue weighted by Crippen LogP contribution is 2.65.